The van der Waals surface area contributed by atoms with Crippen LogP contribution in [0.3, 0.4) is 0 Å². The molecule has 0 aliphatic heterocycles. The average molecular weight is 449 g/mol. The fourth-order valence-corrected chi connectivity index (χ4v) is 2.87. The number of hydrogen-bond donors (Lipinski definition) is 2. The summed E-state index contributed by atoms with van der Waals surface area (Å²) in [5.74, 6) is -0.842. The first-order valence-electron chi connectivity index (χ1n) is 8.59. The number of halogens is 1. The lowest BCUT2D eigenvalue weighted by atomic mass is 10.1. The van der Waals surface area contributed by atoms with E-state index in [4.69, 9.17) is 4.74 Å². The van der Waals surface area contributed by atoms with Gasteiger partial charge in [0.2, 0.25) is 5.91 Å². The zero-order chi connectivity index (χ0) is 20.5. The Morgan fingerprint density at radius 1 is 1.07 bits per heavy atom. The number of anilines is 1. The van der Waals surface area contributed by atoms with Gasteiger partial charge in [-0.3, -0.25) is 9.59 Å². The van der Waals surface area contributed by atoms with Crippen molar-refractivity contribution < 1.29 is 23.9 Å². The largest absolute Gasteiger partial charge is 0.483 e. The van der Waals surface area contributed by atoms with Gasteiger partial charge in [-0.15, -0.1) is 0 Å². The molecule has 0 bridgehead atoms. The van der Waals surface area contributed by atoms with Gasteiger partial charge in [-0.25, -0.2) is 4.79 Å². The summed E-state index contributed by atoms with van der Waals surface area (Å²) in [4.78, 5) is 35.4. The number of hydrogen-bond acceptors (Lipinski definition) is 5. The molecule has 0 unspecified atom stereocenters. The second kappa shape index (κ2) is 10.5. The van der Waals surface area contributed by atoms with Gasteiger partial charge in [-0.05, 0) is 52.2 Å². The predicted molar refractivity (Wildman–Crippen MR) is 108 cm³/mol. The van der Waals surface area contributed by atoms with Crippen molar-refractivity contribution in [2.75, 3.05) is 25.6 Å². The van der Waals surface area contributed by atoms with Crippen LogP contribution in [0.1, 0.15) is 22.8 Å². The maximum Gasteiger partial charge on any atom is 0.337 e. The normalized spacial score (nSPS) is 10.1. The molecule has 7 nitrogen and oxygen atoms in total. The minimum absolute atomic E-state index is 0.164. The topological polar surface area (TPSA) is 93.7 Å². The van der Waals surface area contributed by atoms with E-state index in [-0.39, 0.29) is 19.1 Å². The lowest BCUT2D eigenvalue weighted by Gasteiger charge is -2.11. The van der Waals surface area contributed by atoms with Crippen LogP contribution >= 0.6 is 15.9 Å². The van der Waals surface area contributed by atoms with Gasteiger partial charge in [0.15, 0.2) is 6.61 Å². The van der Waals surface area contributed by atoms with Gasteiger partial charge in [0.05, 0.1) is 23.7 Å². The molecule has 0 saturated carbocycles. The highest BCUT2D eigenvalue weighted by atomic mass is 79.9. The number of para-hydroxylation sites is 1. The fraction of sp³-hybridized carbons (Fsp3) is 0.250. The number of carbonyl (C=O) groups is 3. The molecule has 0 saturated heterocycles. The van der Waals surface area contributed by atoms with Gasteiger partial charge < -0.3 is 20.1 Å². The second-order valence-electron chi connectivity index (χ2n) is 5.76. The Kier molecular flexibility index (Phi) is 8.01. The minimum Gasteiger partial charge on any atom is -0.483 e. The Balaban J connectivity index is 1.81. The van der Waals surface area contributed by atoms with Crippen molar-refractivity contribution in [1.82, 2.24) is 5.32 Å². The fourth-order valence-electron chi connectivity index (χ4n) is 2.38. The molecule has 2 aromatic carbocycles. The first kappa shape index (κ1) is 21.4. The van der Waals surface area contributed by atoms with Crippen molar-refractivity contribution in [3.63, 3.8) is 0 Å². The van der Waals surface area contributed by atoms with Gasteiger partial charge in [0.25, 0.3) is 5.91 Å². The summed E-state index contributed by atoms with van der Waals surface area (Å²) < 4.78 is 10.6. The van der Waals surface area contributed by atoms with Crippen LogP contribution < -0.4 is 15.4 Å². The lowest BCUT2D eigenvalue weighted by Crippen LogP contribution is -2.35. The first-order chi connectivity index (χ1) is 13.4. The summed E-state index contributed by atoms with van der Waals surface area (Å²) in [5, 5.41) is 5.28. The zero-order valence-corrected chi connectivity index (χ0v) is 17.2. The third-order valence-electron chi connectivity index (χ3n) is 3.83. The molecule has 0 spiro atoms. The van der Waals surface area contributed by atoms with E-state index in [0.717, 1.165) is 17.7 Å². The molecule has 2 rings (SSSR count). The smallest absolute Gasteiger partial charge is 0.337 e. The number of esters is 1. The molecular formula is C20H21BrN2O5. The monoisotopic (exact) mass is 448 g/mol. The molecule has 2 N–H and O–H groups in total. The SMILES string of the molecule is CCc1ccccc1NC(=O)CNC(=O)COc1ccc(C(=O)OC)cc1Br. The molecule has 0 fully saturated rings. The highest BCUT2D eigenvalue weighted by Gasteiger charge is 2.12. The number of aryl methyl sites for hydroxylation is 1. The highest BCUT2D eigenvalue weighted by molar-refractivity contribution is 9.10. The summed E-state index contributed by atoms with van der Waals surface area (Å²) in [6.07, 6.45) is 0.792. The third-order valence-corrected chi connectivity index (χ3v) is 4.45. The van der Waals surface area contributed by atoms with E-state index in [1.165, 1.54) is 19.2 Å². The number of methoxy groups -OCH3 is 1. The van der Waals surface area contributed by atoms with Gasteiger partial charge in [0, 0.05) is 5.69 Å². The molecule has 0 heterocycles. The molecule has 0 atom stereocenters. The highest BCUT2D eigenvalue weighted by Crippen LogP contribution is 2.26. The van der Waals surface area contributed by atoms with E-state index in [9.17, 15) is 14.4 Å². The summed E-state index contributed by atoms with van der Waals surface area (Å²) in [7, 11) is 1.29. The maximum atomic E-state index is 12.0. The third kappa shape index (κ3) is 6.09. The molecule has 28 heavy (non-hydrogen) atoms. The van der Waals surface area contributed by atoms with E-state index < -0.39 is 11.9 Å². The Morgan fingerprint density at radius 2 is 1.82 bits per heavy atom. The summed E-state index contributed by atoms with van der Waals surface area (Å²) in [6.45, 7) is 1.57. The molecule has 2 aromatic rings. The molecule has 0 radical (unpaired) electrons. The summed E-state index contributed by atoms with van der Waals surface area (Å²) in [6, 6.07) is 12.1. The van der Waals surface area contributed by atoms with Crippen LogP contribution in [-0.4, -0.2) is 38.0 Å². The zero-order valence-electron chi connectivity index (χ0n) is 15.6. The average Bonchev–Trinajstić information content (AvgIpc) is 2.71. The van der Waals surface area contributed by atoms with Gasteiger partial charge in [-0.1, -0.05) is 25.1 Å². The summed E-state index contributed by atoms with van der Waals surface area (Å²) >= 11 is 3.28. The number of nitrogens with one attached hydrogen (secondary N) is 2. The van der Waals surface area contributed by atoms with Crippen molar-refractivity contribution in [2.24, 2.45) is 0 Å². The van der Waals surface area contributed by atoms with E-state index in [1.54, 1.807) is 6.07 Å². The van der Waals surface area contributed by atoms with Crippen molar-refractivity contribution in [3.8, 4) is 5.75 Å². The number of carbonyl (C=O) groups excluding carboxylic acids is 3. The van der Waals surface area contributed by atoms with Crippen LogP contribution in [0.5, 0.6) is 5.75 Å². The Hall–Kier alpha value is -2.87. The molecule has 8 heteroatoms. The van der Waals surface area contributed by atoms with Crippen molar-refractivity contribution in [2.45, 2.75) is 13.3 Å². The van der Waals surface area contributed by atoms with Crippen LogP contribution in [-0.2, 0) is 20.7 Å². The molecule has 0 aliphatic rings. The van der Waals surface area contributed by atoms with E-state index in [2.05, 4.69) is 31.3 Å². The van der Waals surface area contributed by atoms with Gasteiger partial charge in [0.1, 0.15) is 5.75 Å². The van der Waals surface area contributed by atoms with Crippen molar-refractivity contribution >= 4 is 39.4 Å². The van der Waals surface area contributed by atoms with Crippen LogP contribution in [0.25, 0.3) is 0 Å². The van der Waals surface area contributed by atoms with E-state index >= 15 is 0 Å². The number of amides is 2. The van der Waals surface area contributed by atoms with E-state index in [0.29, 0.717) is 15.8 Å². The van der Waals surface area contributed by atoms with Crippen LogP contribution in [0.2, 0.25) is 0 Å². The predicted octanol–water partition coefficient (Wildman–Crippen LogP) is 2.93. The minimum atomic E-state index is -0.472. The quantitative estimate of drug-likeness (QED) is 0.605. The Bertz CT molecular complexity index is 869. The van der Waals surface area contributed by atoms with Crippen molar-refractivity contribution in [3.05, 3.63) is 58.1 Å². The number of ether oxygens (including phenoxy) is 2. The standard InChI is InChI=1S/C20H21BrN2O5/c1-3-13-6-4-5-7-16(13)23-18(24)11-22-19(25)12-28-17-9-8-14(10-15(17)21)20(26)27-2/h4-10H,3,11-12H2,1-2H3,(H,22,25)(H,23,24). The Labute approximate surface area is 171 Å². The van der Waals surface area contributed by atoms with Crippen LogP contribution in [0.4, 0.5) is 5.69 Å². The first-order valence-corrected chi connectivity index (χ1v) is 9.39. The number of benzene rings is 2. The molecule has 148 valence electrons. The van der Waals surface area contributed by atoms with Crippen LogP contribution in [0.15, 0.2) is 46.9 Å². The maximum absolute atomic E-state index is 12.0. The lowest BCUT2D eigenvalue weighted by molar-refractivity contribution is -0.125. The molecule has 2 amide bonds. The van der Waals surface area contributed by atoms with Gasteiger partial charge >= 0.3 is 5.97 Å². The van der Waals surface area contributed by atoms with Crippen LogP contribution in [0, 0.1) is 0 Å². The molecule has 0 aromatic heterocycles. The van der Waals surface area contributed by atoms with Crippen molar-refractivity contribution in [1.29, 1.82) is 0 Å². The Morgan fingerprint density at radius 3 is 2.50 bits per heavy atom. The molecule has 0 aliphatic carbocycles. The molecular weight excluding hydrogens is 428 g/mol. The second-order valence-corrected chi connectivity index (χ2v) is 6.62. The summed E-state index contributed by atoms with van der Waals surface area (Å²) in [5.41, 5.74) is 2.11. The van der Waals surface area contributed by atoms with Gasteiger partial charge in [-0.2, -0.15) is 0 Å². The number of rotatable bonds is 8. The van der Waals surface area contributed by atoms with E-state index in [1.807, 2.05) is 31.2 Å².